The number of methoxy groups -OCH3 is 1. The number of nitrogens with one attached hydrogen (secondary N) is 1. The Hall–Kier alpha value is -3.15. The van der Waals surface area contributed by atoms with Crippen LogP contribution in [0.25, 0.3) is 11.0 Å². The number of hydrogen-bond donors (Lipinski definition) is 1. The van der Waals surface area contributed by atoms with E-state index in [-0.39, 0.29) is 11.8 Å². The minimum Gasteiger partial charge on any atom is -0.478 e. The van der Waals surface area contributed by atoms with Gasteiger partial charge in [-0.05, 0) is 43.5 Å². The molecule has 1 amide bonds. The van der Waals surface area contributed by atoms with E-state index in [2.05, 4.69) is 15.2 Å². The average Bonchev–Trinajstić information content (AvgIpc) is 2.74. The van der Waals surface area contributed by atoms with Crippen LogP contribution in [0.5, 0.6) is 5.88 Å². The summed E-state index contributed by atoms with van der Waals surface area (Å²) in [6, 6.07) is 15.6. The molecule has 1 N–H and O–H groups in total. The van der Waals surface area contributed by atoms with Gasteiger partial charge in [0, 0.05) is 18.8 Å². The lowest BCUT2D eigenvalue weighted by molar-refractivity contribution is -0.120. The standard InChI is InChI=1S/C22H24N4O2/c1-15-8-3-4-10-17(15)24-21(27)16-9-7-13-26(14-16)20-22(28-2)25-19-12-6-5-11-18(19)23-20/h3-6,8,10-12,16H,7,9,13-14H2,1-2H3,(H,24,27)/t16-/m0/s1. The van der Waals surface area contributed by atoms with Crippen molar-refractivity contribution in [2.45, 2.75) is 19.8 Å². The summed E-state index contributed by atoms with van der Waals surface area (Å²) in [7, 11) is 1.61. The van der Waals surface area contributed by atoms with Crippen molar-refractivity contribution in [2.75, 3.05) is 30.4 Å². The molecule has 2 heterocycles. The van der Waals surface area contributed by atoms with Gasteiger partial charge in [-0.15, -0.1) is 0 Å². The van der Waals surface area contributed by atoms with Gasteiger partial charge in [-0.2, -0.15) is 0 Å². The summed E-state index contributed by atoms with van der Waals surface area (Å²) >= 11 is 0. The van der Waals surface area contributed by atoms with Crippen LogP contribution in [0, 0.1) is 12.8 Å². The maximum Gasteiger partial charge on any atom is 0.257 e. The highest BCUT2D eigenvalue weighted by molar-refractivity contribution is 5.93. The monoisotopic (exact) mass is 376 g/mol. The Labute approximate surface area is 164 Å². The van der Waals surface area contributed by atoms with Gasteiger partial charge in [0.25, 0.3) is 5.88 Å². The maximum absolute atomic E-state index is 12.9. The van der Waals surface area contributed by atoms with E-state index >= 15 is 0 Å². The number of piperidine rings is 1. The van der Waals surface area contributed by atoms with Crippen molar-refractivity contribution in [1.29, 1.82) is 0 Å². The number of para-hydroxylation sites is 3. The lowest BCUT2D eigenvalue weighted by Crippen LogP contribution is -2.41. The van der Waals surface area contributed by atoms with Crippen molar-refractivity contribution in [1.82, 2.24) is 9.97 Å². The highest BCUT2D eigenvalue weighted by atomic mass is 16.5. The van der Waals surface area contributed by atoms with Crippen LogP contribution in [-0.4, -0.2) is 36.1 Å². The van der Waals surface area contributed by atoms with Gasteiger partial charge in [-0.3, -0.25) is 4.79 Å². The van der Waals surface area contributed by atoms with Crippen LogP contribution in [0.3, 0.4) is 0 Å². The summed E-state index contributed by atoms with van der Waals surface area (Å²) in [6.07, 6.45) is 1.78. The third-order valence-electron chi connectivity index (χ3n) is 5.21. The number of fused-ring (bicyclic) bond motifs is 1. The van der Waals surface area contributed by atoms with Gasteiger partial charge in [0.05, 0.1) is 24.1 Å². The van der Waals surface area contributed by atoms with Crippen molar-refractivity contribution in [3.05, 3.63) is 54.1 Å². The van der Waals surface area contributed by atoms with Crippen molar-refractivity contribution >= 4 is 28.4 Å². The molecule has 28 heavy (non-hydrogen) atoms. The molecular weight excluding hydrogens is 352 g/mol. The third-order valence-corrected chi connectivity index (χ3v) is 5.21. The molecule has 144 valence electrons. The molecule has 1 aliphatic rings. The van der Waals surface area contributed by atoms with E-state index in [0.29, 0.717) is 18.2 Å². The Morgan fingerprint density at radius 3 is 2.57 bits per heavy atom. The number of aromatic nitrogens is 2. The quantitative estimate of drug-likeness (QED) is 0.750. The van der Waals surface area contributed by atoms with Crippen molar-refractivity contribution in [2.24, 2.45) is 5.92 Å². The number of rotatable bonds is 4. The number of hydrogen-bond acceptors (Lipinski definition) is 5. The highest BCUT2D eigenvalue weighted by Gasteiger charge is 2.29. The third kappa shape index (κ3) is 3.63. The Morgan fingerprint density at radius 1 is 1.11 bits per heavy atom. The Balaban J connectivity index is 1.56. The zero-order valence-corrected chi connectivity index (χ0v) is 16.2. The van der Waals surface area contributed by atoms with Gasteiger partial charge < -0.3 is 15.0 Å². The van der Waals surface area contributed by atoms with E-state index < -0.39 is 0 Å². The number of carbonyl (C=O) groups excluding carboxylic acids is 1. The first-order valence-electron chi connectivity index (χ1n) is 9.58. The molecule has 2 aromatic carbocycles. The van der Waals surface area contributed by atoms with E-state index in [9.17, 15) is 4.79 Å². The van der Waals surface area contributed by atoms with Crippen LogP contribution in [0.4, 0.5) is 11.5 Å². The van der Waals surface area contributed by atoms with Crippen LogP contribution in [0.1, 0.15) is 18.4 Å². The molecule has 0 bridgehead atoms. The molecule has 6 nitrogen and oxygen atoms in total. The van der Waals surface area contributed by atoms with Gasteiger partial charge in [-0.1, -0.05) is 30.3 Å². The topological polar surface area (TPSA) is 67.4 Å². The van der Waals surface area contributed by atoms with Crippen molar-refractivity contribution < 1.29 is 9.53 Å². The Kier molecular flexibility index (Phi) is 5.10. The summed E-state index contributed by atoms with van der Waals surface area (Å²) in [4.78, 5) is 24.3. The van der Waals surface area contributed by atoms with Gasteiger partial charge in [0.2, 0.25) is 5.91 Å². The molecule has 0 unspecified atom stereocenters. The summed E-state index contributed by atoms with van der Waals surface area (Å²) in [5, 5.41) is 3.08. The van der Waals surface area contributed by atoms with Crippen LogP contribution in [0.2, 0.25) is 0 Å². The minimum absolute atomic E-state index is 0.0479. The number of benzene rings is 2. The normalized spacial score (nSPS) is 16.8. The molecule has 1 aromatic heterocycles. The zero-order chi connectivity index (χ0) is 19.5. The first-order chi connectivity index (χ1) is 13.7. The zero-order valence-electron chi connectivity index (χ0n) is 16.2. The predicted octanol–water partition coefficient (Wildman–Crippen LogP) is 3.80. The fraction of sp³-hybridized carbons (Fsp3) is 0.318. The second-order valence-corrected chi connectivity index (χ2v) is 7.13. The molecule has 1 atom stereocenters. The molecule has 0 spiro atoms. The van der Waals surface area contributed by atoms with E-state index in [1.54, 1.807) is 7.11 Å². The largest absolute Gasteiger partial charge is 0.478 e. The SMILES string of the molecule is COc1nc2ccccc2nc1N1CCC[C@H](C(=O)Nc2ccccc2C)C1. The molecular formula is C22H24N4O2. The summed E-state index contributed by atoms with van der Waals surface area (Å²) in [5.41, 5.74) is 3.55. The minimum atomic E-state index is -0.105. The fourth-order valence-corrected chi connectivity index (χ4v) is 3.65. The predicted molar refractivity (Wildman–Crippen MR) is 111 cm³/mol. The van der Waals surface area contributed by atoms with Crippen LogP contribution in [0.15, 0.2) is 48.5 Å². The first kappa shape index (κ1) is 18.2. The molecule has 0 aliphatic carbocycles. The lowest BCUT2D eigenvalue weighted by Gasteiger charge is -2.33. The molecule has 6 heteroatoms. The summed E-state index contributed by atoms with van der Waals surface area (Å²) in [6.45, 7) is 3.43. The van der Waals surface area contributed by atoms with Gasteiger partial charge in [-0.25, -0.2) is 9.97 Å². The molecule has 3 aromatic rings. The van der Waals surface area contributed by atoms with Crippen LogP contribution < -0.4 is 15.0 Å². The van der Waals surface area contributed by atoms with E-state index in [1.165, 1.54) is 0 Å². The Morgan fingerprint density at radius 2 is 1.82 bits per heavy atom. The number of ether oxygens (including phenoxy) is 1. The van der Waals surface area contributed by atoms with E-state index in [0.717, 1.165) is 41.7 Å². The number of aryl methyl sites for hydroxylation is 1. The van der Waals surface area contributed by atoms with Gasteiger partial charge in [0.1, 0.15) is 0 Å². The van der Waals surface area contributed by atoms with Crippen LogP contribution >= 0.6 is 0 Å². The van der Waals surface area contributed by atoms with Gasteiger partial charge in [0.15, 0.2) is 5.82 Å². The number of amides is 1. The fourth-order valence-electron chi connectivity index (χ4n) is 3.65. The summed E-state index contributed by atoms with van der Waals surface area (Å²) < 4.78 is 5.50. The number of carbonyl (C=O) groups is 1. The second-order valence-electron chi connectivity index (χ2n) is 7.13. The smallest absolute Gasteiger partial charge is 0.257 e. The summed E-state index contributed by atoms with van der Waals surface area (Å²) in [5.74, 6) is 1.14. The molecule has 0 saturated carbocycles. The lowest BCUT2D eigenvalue weighted by atomic mass is 9.97. The molecule has 1 aliphatic heterocycles. The van der Waals surface area contributed by atoms with E-state index in [1.807, 2.05) is 55.5 Å². The maximum atomic E-state index is 12.9. The molecule has 1 fully saturated rings. The number of nitrogens with zero attached hydrogens (tertiary/aromatic N) is 3. The van der Waals surface area contributed by atoms with E-state index in [4.69, 9.17) is 9.72 Å². The number of anilines is 2. The Bertz CT molecular complexity index is 1000. The van der Waals surface area contributed by atoms with Crippen molar-refractivity contribution in [3.63, 3.8) is 0 Å². The van der Waals surface area contributed by atoms with Crippen molar-refractivity contribution in [3.8, 4) is 5.88 Å². The highest BCUT2D eigenvalue weighted by Crippen LogP contribution is 2.30. The molecule has 4 rings (SSSR count). The molecule has 1 saturated heterocycles. The first-order valence-corrected chi connectivity index (χ1v) is 9.58. The van der Waals surface area contributed by atoms with Crippen LogP contribution in [-0.2, 0) is 4.79 Å². The average molecular weight is 376 g/mol. The molecule has 0 radical (unpaired) electrons. The second kappa shape index (κ2) is 7.84. The van der Waals surface area contributed by atoms with Gasteiger partial charge >= 0.3 is 0 Å².